The summed E-state index contributed by atoms with van der Waals surface area (Å²) in [6.45, 7) is 0. The van der Waals surface area contributed by atoms with Gasteiger partial charge in [0.2, 0.25) is 0 Å². The first-order valence-corrected chi connectivity index (χ1v) is 6.13. The second kappa shape index (κ2) is 5.51. The summed E-state index contributed by atoms with van der Waals surface area (Å²) in [6, 6.07) is 1.87. The molecule has 16 heavy (non-hydrogen) atoms. The smallest absolute Gasteiger partial charge is 0.0951 e. The zero-order valence-electron chi connectivity index (χ0n) is 9.89. The van der Waals surface area contributed by atoms with Gasteiger partial charge in [0.25, 0.3) is 0 Å². The van der Waals surface area contributed by atoms with Crippen molar-refractivity contribution in [1.29, 1.82) is 0 Å². The molecule has 0 bridgehead atoms. The highest BCUT2D eigenvalue weighted by Crippen LogP contribution is 2.33. The van der Waals surface area contributed by atoms with Gasteiger partial charge in [0.1, 0.15) is 0 Å². The van der Waals surface area contributed by atoms with Crippen LogP contribution >= 0.6 is 0 Å². The maximum absolute atomic E-state index is 6.24. The number of hydrogen-bond acceptors (Lipinski definition) is 3. The molecule has 2 rings (SSSR count). The molecule has 1 aromatic heterocycles. The quantitative estimate of drug-likeness (QED) is 0.853. The van der Waals surface area contributed by atoms with Crippen molar-refractivity contribution in [3.8, 4) is 0 Å². The zero-order chi connectivity index (χ0) is 11.4. The maximum atomic E-state index is 6.24. The van der Waals surface area contributed by atoms with Crippen molar-refractivity contribution in [2.45, 2.75) is 44.2 Å². The molecule has 90 valence electrons. The molecule has 1 saturated carbocycles. The van der Waals surface area contributed by atoms with Crippen LogP contribution in [0.4, 0.5) is 0 Å². The minimum atomic E-state index is -0.0631. The lowest BCUT2D eigenvalue weighted by molar-refractivity contribution is 0.0171. The second-order valence-corrected chi connectivity index (χ2v) is 4.68. The van der Waals surface area contributed by atoms with Crippen molar-refractivity contribution >= 4 is 0 Å². The van der Waals surface area contributed by atoms with E-state index in [1.54, 1.807) is 19.6 Å². The van der Waals surface area contributed by atoms with Gasteiger partial charge in [-0.05, 0) is 24.8 Å². The molecule has 0 radical (unpaired) electrons. The van der Waals surface area contributed by atoms with Crippen LogP contribution in [0.1, 0.15) is 43.7 Å². The van der Waals surface area contributed by atoms with Crippen LogP contribution in [-0.2, 0) is 4.74 Å². The van der Waals surface area contributed by atoms with E-state index in [-0.39, 0.29) is 12.1 Å². The standard InChI is InChI=1S/C13H21NO2/c1-15-13(10-5-3-2-4-6-10)12(14)11-7-8-16-9-11/h7-10,12-13H,2-6,14H2,1H3. The van der Waals surface area contributed by atoms with Crippen LogP contribution in [0.15, 0.2) is 23.0 Å². The first-order chi connectivity index (χ1) is 7.83. The molecule has 1 fully saturated rings. The fourth-order valence-electron chi connectivity index (χ4n) is 2.75. The molecular formula is C13H21NO2. The Morgan fingerprint density at radius 1 is 1.38 bits per heavy atom. The Morgan fingerprint density at radius 2 is 2.12 bits per heavy atom. The van der Waals surface area contributed by atoms with Gasteiger partial charge in [-0.1, -0.05) is 19.3 Å². The Hall–Kier alpha value is -0.800. The van der Waals surface area contributed by atoms with Gasteiger partial charge in [0, 0.05) is 12.7 Å². The third-order valence-corrected chi connectivity index (χ3v) is 3.67. The van der Waals surface area contributed by atoms with Crippen LogP contribution in [-0.4, -0.2) is 13.2 Å². The Morgan fingerprint density at radius 3 is 2.69 bits per heavy atom. The largest absolute Gasteiger partial charge is 0.472 e. The topological polar surface area (TPSA) is 48.4 Å². The Balaban J connectivity index is 2.03. The number of rotatable bonds is 4. The van der Waals surface area contributed by atoms with Gasteiger partial charge in [-0.2, -0.15) is 0 Å². The number of ether oxygens (including phenoxy) is 1. The van der Waals surface area contributed by atoms with Crippen molar-refractivity contribution < 1.29 is 9.15 Å². The molecule has 1 aliphatic carbocycles. The summed E-state index contributed by atoms with van der Waals surface area (Å²) in [5.41, 5.74) is 7.28. The molecule has 1 aliphatic rings. The zero-order valence-corrected chi connectivity index (χ0v) is 9.89. The molecule has 0 amide bonds. The predicted octanol–water partition coefficient (Wildman–Crippen LogP) is 2.87. The van der Waals surface area contributed by atoms with Crippen molar-refractivity contribution in [1.82, 2.24) is 0 Å². The molecule has 1 aromatic rings. The number of hydrogen-bond donors (Lipinski definition) is 1. The molecule has 3 heteroatoms. The Bertz CT molecular complexity index is 291. The number of nitrogens with two attached hydrogens (primary N) is 1. The van der Waals surface area contributed by atoms with Crippen LogP contribution < -0.4 is 5.73 Å². The van der Waals surface area contributed by atoms with Gasteiger partial charge in [0.15, 0.2) is 0 Å². The summed E-state index contributed by atoms with van der Waals surface area (Å²) in [7, 11) is 1.76. The lowest BCUT2D eigenvalue weighted by atomic mass is 9.81. The van der Waals surface area contributed by atoms with E-state index in [0.29, 0.717) is 5.92 Å². The minimum Gasteiger partial charge on any atom is -0.472 e. The molecule has 2 unspecified atom stereocenters. The van der Waals surface area contributed by atoms with Crippen LogP contribution in [0.3, 0.4) is 0 Å². The van der Waals surface area contributed by atoms with Gasteiger partial charge in [-0.3, -0.25) is 0 Å². The fourth-order valence-corrected chi connectivity index (χ4v) is 2.75. The third-order valence-electron chi connectivity index (χ3n) is 3.67. The third kappa shape index (κ3) is 2.47. The van der Waals surface area contributed by atoms with Gasteiger partial charge < -0.3 is 14.9 Å². The average Bonchev–Trinajstić information content (AvgIpc) is 2.85. The maximum Gasteiger partial charge on any atom is 0.0951 e. The molecule has 0 spiro atoms. The van der Waals surface area contributed by atoms with Crippen LogP contribution in [0.5, 0.6) is 0 Å². The van der Waals surface area contributed by atoms with Crippen molar-refractivity contribution in [2.24, 2.45) is 11.7 Å². The van der Waals surface area contributed by atoms with Gasteiger partial charge in [-0.15, -0.1) is 0 Å². The van der Waals surface area contributed by atoms with Crippen LogP contribution in [0.25, 0.3) is 0 Å². The van der Waals surface area contributed by atoms with Gasteiger partial charge >= 0.3 is 0 Å². The Labute approximate surface area is 97.0 Å². The van der Waals surface area contributed by atoms with Crippen molar-refractivity contribution in [3.63, 3.8) is 0 Å². The molecule has 2 N–H and O–H groups in total. The van der Waals surface area contributed by atoms with E-state index in [9.17, 15) is 0 Å². The molecule has 2 atom stereocenters. The van der Waals surface area contributed by atoms with Gasteiger partial charge in [-0.25, -0.2) is 0 Å². The molecule has 0 aliphatic heterocycles. The summed E-state index contributed by atoms with van der Waals surface area (Å²) in [6.07, 6.45) is 9.97. The molecule has 0 aromatic carbocycles. The highest BCUT2D eigenvalue weighted by atomic mass is 16.5. The summed E-state index contributed by atoms with van der Waals surface area (Å²) < 4.78 is 10.7. The molecule has 0 saturated heterocycles. The van der Waals surface area contributed by atoms with Crippen LogP contribution in [0.2, 0.25) is 0 Å². The Kier molecular flexibility index (Phi) is 4.02. The first kappa shape index (κ1) is 11.7. The van der Waals surface area contributed by atoms with E-state index < -0.39 is 0 Å². The molecule has 3 nitrogen and oxygen atoms in total. The summed E-state index contributed by atoms with van der Waals surface area (Å²) in [5, 5.41) is 0. The highest BCUT2D eigenvalue weighted by Gasteiger charge is 2.29. The summed E-state index contributed by atoms with van der Waals surface area (Å²) >= 11 is 0. The van der Waals surface area contributed by atoms with E-state index in [2.05, 4.69) is 0 Å². The lowest BCUT2D eigenvalue weighted by Gasteiger charge is -2.32. The number of methoxy groups -OCH3 is 1. The molecular weight excluding hydrogens is 202 g/mol. The SMILES string of the molecule is COC(C1CCCCC1)C(N)c1ccoc1. The summed E-state index contributed by atoms with van der Waals surface area (Å²) in [4.78, 5) is 0. The summed E-state index contributed by atoms with van der Waals surface area (Å²) in [5.74, 6) is 0.601. The van der Waals surface area contributed by atoms with E-state index in [1.165, 1.54) is 32.1 Å². The van der Waals surface area contributed by atoms with Crippen LogP contribution in [0, 0.1) is 5.92 Å². The minimum absolute atomic E-state index is 0.0631. The second-order valence-electron chi connectivity index (χ2n) is 4.68. The average molecular weight is 223 g/mol. The van der Waals surface area contributed by atoms with E-state index >= 15 is 0 Å². The predicted molar refractivity (Wildman–Crippen MR) is 63.0 cm³/mol. The monoisotopic (exact) mass is 223 g/mol. The van der Waals surface area contributed by atoms with E-state index in [0.717, 1.165) is 5.56 Å². The van der Waals surface area contributed by atoms with Gasteiger partial charge in [0.05, 0.1) is 24.7 Å². The lowest BCUT2D eigenvalue weighted by Crippen LogP contribution is -2.35. The van der Waals surface area contributed by atoms with Crippen molar-refractivity contribution in [2.75, 3.05) is 7.11 Å². The van der Waals surface area contributed by atoms with E-state index in [4.69, 9.17) is 14.9 Å². The molecule has 1 heterocycles. The van der Waals surface area contributed by atoms with E-state index in [1.807, 2.05) is 6.07 Å². The first-order valence-electron chi connectivity index (χ1n) is 6.13. The van der Waals surface area contributed by atoms with Crippen molar-refractivity contribution in [3.05, 3.63) is 24.2 Å². The fraction of sp³-hybridized carbons (Fsp3) is 0.692. The highest BCUT2D eigenvalue weighted by molar-refractivity contribution is 5.13. The normalized spacial score (nSPS) is 21.9. The number of furan rings is 1.